The number of anilines is 1. The average molecular weight is 445 g/mol. The summed E-state index contributed by atoms with van der Waals surface area (Å²) in [5.74, 6) is -0.544. The number of ether oxygens (including phenoxy) is 1. The van der Waals surface area contributed by atoms with Crippen LogP contribution in [0.1, 0.15) is 35.3 Å². The number of aliphatic imine (C=N–C) groups is 1. The molecule has 0 spiro atoms. The highest BCUT2D eigenvalue weighted by Crippen LogP contribution is 2.41. The Bertz CT molecular complexity index is 1110. The van der Waals surface area contributed by atoms with Crippen LogP contribution in [-0.2, 0) is 16.0 Å². The second-order valence-corrected chi connectivity index (χ2v) is 7.90. The van der Waals surface area contributed by atoms with Gasteiger partial charge < -0.3 is 15.2 Å². The first-order chi connectivity index (χ1) is 14.4. The van der Waals surface area contributed by atoms with E-state index in [9.17, 15) is 14.7 Å². The third-order valence-electron chi connectivity index (χ3n) is 4.29. The lowest BCUT2D eigenvalue weighted by atomic mass is 10.1. The fraction of sp³-hybridized carbons (Fsp3) is 0.227. The first kappa shape index (κ1) is 21.8. The zero-order valence-corrected chi connectivity index (χ0v) is 18.1. The highest BCUT2D eigenvalue weighted by molar-refractivity contribution is 7.24. The van der Waals surface area contributed by atoms with Gasteiger partial charge in [-0.1, -0.05) is 35.9 Å². The van der Waals surface area contributed by atoms with Gasteiger partial charge in [-0.25, -0.2) is 4.79 Å². The molecule has 0 radical (unpaired) electrons. The number of hydrogen-bond donors (Lipinski definition) is 2. The van der Waals surface area contributed by atoms with Gasteiger partial charge in [0.05, 0.1) is 16.3 Å². The van der Waals surface area contributed by atoms with Crippen molar-refractivity contribution in [1.82, 2.24) is 0 Å². The van der Waals surface area contributed by atoms with Gasteiger partial charge in [-0.05, 0) is 31.0 Å². The van der Waals surface area contributed by atoms with Gasteiger partial charge in [0.2, 0.25) is 5.91 Å². The smallest absolute Gasteiger partial charge is 0.341 e. The number of nitrogens with zero attached hydrogens (tertiary/aromatic N) is 1. The maximum Gasteiger partial charge on any atom is 0.341 e. The maximum absolute atomic E-state index is 12.4. The normalized spacial score (nSPS) is 11.2. The maximum atomic E-state index is 12.4. The number of nitrogens with one attached hydrogen (secondary N) is 1. The molecule has 0 aliphatic carbocycles. The SMILES string of the molecule is CCOC(=O)c1c(NC(C)=O)sc2c(Cl)c(C=NCCc3ccc(O)cc3)ccc12. The van der Waals surface area contributed by atoms with Crippen molar-refractivity contribution in [3.63, 3.8) is 0 Å². The number of carbonyl (C=O) groups is 2. The van der Waals surface area contributed by atoms with Crippen LogP contribution in [0.25, 0.3) is 10.1 Å². The van der Waals surface area contributed by atoms with Gasteiger partial charge in [-0.2, -0.15) is 0 Å². The monoisotopic (exact) mass is 444 g/mol. The molecule has 0 aliphatic rings. The van der Waals surface area contributed by atoms with Crippen LogP contribution in [0.5, 0.6) is 5.75 Å². The van der Waals surface area contributed by atoms with Crippen LogP contribution in [0.2, 0.25) is 5.02 Å². The molecule has 0 fully saturated rings. The molecule has 1 heterocycles. The van der Waals surface area contributed by atoms with E-state index in [0.717, 1.165) is 17.5 Å². The number of halogens is 1. The highest BCUT2D eigenvalue weighted by atomic mass is 35.5. The van der Waals surface area contributed by atoms with E-state index < -0.39 is 5.97 Å². The van der Waals surface area contributed by atoms with Gasteiger partial charge in [-0.15, -0.1) is 11.3 Å². The number of esters is 1. The number of aromatic hydroxyl groups is 1. The predicted octanol–water partition coefficient (Wildman–Crippen LogP) is 5.06. The largest absolute Gasteiger partial charge is 0.508 e. The van der Waals surface area contributed by atoms with Crippen LogP contribution in [0.15, 0.2) is 41.4 Å². The number of hydrogen-bond acceptors (Lipinski definition) is 6. The van der Waals surface area contributed by atoms with Crippen LogP contribution in [0.4, 0.5) is 5.00 Å². The molecule has 1 aromatic heterocycles. The van der Waals surface area contributed by atoms with E-state index in [1.807, 2.05) is 12.1 Å². The summed E-state index contributed by atoms with van der Waals surface area (Å²) in [5, 5.41) is 13.5. The van der Waals surface area contributed by atoms with Crippen LogP contribution < -0.4 is 5.32 Å². The Kier molecular flexibility index (Phi) is 7.07. The number of rotatable bonds is 7. The van der Waals surface area contributed by atoms with E-state index in [4.69, 9.17) is 16.3 Å². The van der Waals surface area contributed by atoms with E-state index in [1.165, 1.54) is 18.3 Å². The van der Waals surface area contributed by atoms with Gasteiger partial charge in [0.1, 0.15) is 16.3 Å². The lowest BCUT2D eigenvalue weighted by Gasteiger charge is -2.05. The third-order valence-corrected chi connectivity index (χ3v) is 5.95. The number of phenols is 1. The number of carbonyl (C=O) groups excluding carboxylic acids is 2. The van der Waals surface area contributed by atoms with Gasteiger partial charge in [0, 0.05) is 30.6 Å². The zero-order chi connectivity index (χ0) is 21.7. The second kappa shape index (κ2) is 9.73. The molecule has 1 amide bonds. The van der Waals surface area contributed by atoms with Gasteiger partial charge in [0.25, 0.3) is 0 Å². The van der Waals surface area contributed by atoms with Crippen molar-refractivity contribution in [3.05, 3.63) is 58.1 Å². The molecule has 3 aromatic rings. The quantitative estimate of drug-likeness (QED) is 0.394. The summed E-state index contributed by atoms with van der Waals surface area (Å²) in [6.45, 7) is 3.90. The molecular weight excluding hydrogens is 424 g/mol. The summed E-state index contributed by atoms with van der Waals surface area (Å²) in [6.07, 6.45) is 2.43. The number of phenolic OH excluding ortho intramolecular Hbond substituents is 1. The summed E-state index contributed by atoms with van der Waals surface area (Å²) in [5.41, 5.74) is 2.11. The molecule has 156 valence electrons. The topological polar surface area (TPSA) is 88.0 Å². The summed E-state index contributed by atoms with van der Waals surface area (Å²) in [4.78, 5) is 28.4. The van der Waals surface area contributed by atoms with Crippen molar-refractivity contribution in [1.29, 1.82) is 0 Å². The van der Waals surface area contributed by atoms with Gasteiger partial charge in [0.15, 0.2) is 0 Å². The third kappa shape index (κ3) is 4.98. The van der Waals surface area contributed by atoms with E-state index in [-0.39, 0.29) is 18.3 Å². The number of fused-ring (bicyclic) bond motifs is 1. The molecular formula is C22H21ClN2O4S. The molecule has 2 N–H and O–H groups in total. The van der Waals surface area contributed by atoms with Gasteiger partial charge in [-0.3, -0.25) is 9.79 Å². The van der Waals surface area contributed by atoms with Crippen LogP contribution in [-0.4, -0.2) is 36.3 Å². The van der Waals surface area contributed by atoms with E-state index in [0.29, 0.717) is 32.2 Å². The minimum Gasteiger partial charge on any atom is -0.508 e. The number of amides is 1. The second-order valence-electron chi connectivity index (χ2n) is 6.51. The van der Waals surface area contributed by atoms with Crippen LogP contribution >= 0.6 is 22.9 Å². The molecule has 3 rings (SSSR count). The van der Waals surface area contributed by atoms with E-state index in [1.54, 1.807) is 37.4 Å². The number of benzene rings is 2. The van der Waals surface area contributed by atoms with Crippen molar-refractivity contribution in [2.24, 2.45) is 4.99 Å². The summed E-state index contributed by atoms with van der Waals surface area (Å²) in [7, 11) is 0. The zero-order valence-electron chi connectivity index (χ0n) is 16.6. The molecule has 6 nitrogen and oxygen atoms in total. The Morgan fingerprint density at radius 3 is 2.63 bits per heavy atom. The standard InChI is InChI=1S/C22H21ClN2O4S/c1-3-29-22(28)18-17-9-6-15(19(23)20(17)30-21(18)25-13(2)26)12-24-11-10-14-4-7-16(27)8-5-14/h4-9,12,27H,3,10-11H2,1-2H3,(H,25,26). The van der Waals surface area contributed by atoms with Crippen molar-refractivity contribution in [3.8, 4) is 5.75 Å². The van der Waals surface area contributed by atoms with Crippen LogP contribution in [0.3, 0.4) is 0 Å². The fourth-order valence-electron chi connectivity index (χ4n) is 2.92. The van der Waals surface area contributed by atoms with Crippen molar-refractivity contribution in [2.45, 2.75) is 20.3 Å². The fourth-order valence-corrected chi connectivity index (χ4v) is 4.43. The first-order valence-corrected chi connectivity index (χ1v) is 10.6. The molecule has 0 aliphatic heterocycles. The minimum atomic E-state index is -0.501. The average Bonchev–Trinajstić information content (AvgIpc) is 3.06. The molecule has 0 atom stereocenters. The molecule has 8 heteroatoms. The summed E-state index contributed by atoms with van der Waals surface area (Å²) >= 11 is 7.82. The minimum absolute atomic E-state index is 0.231. The first-order valence-electron chi connectivity index (χ1n) is 9.38. The summed E-state index contributed by atoms with van der Waals surface area (Å²) in [6, 6.07) is 10.6. The molecule has 0 unspecified atom stereocenters. The van der Waals surface area contributed by atoms with Gasteiger partial charge >= 0.3 is 5.97 Å². The molecule has 0 bridgehead atoms. The summed E-state index contributed by atoms with van der Waals surface area (Å²) < 4.78 is 5.83. The van der Waals surface area contributed by atoms with Crippen LogP contribution in [0, 0.1) is 0 Å². The predicted molar refractivity (Wildman–Crippen MR) is 121 cm³/mol. The lowest BCUT2D eigenvalue weighted by Crippen LogP contribution is -2.10. The Hall–Kier alpha value is -2.90. The van der Waals surface area contributed by atoms with Crippen molar-refractivity contribution >= 4 is 56.1 Å². The van der Waals surface area contributed by atoms with Crippen molar-refractivity contribution < 1.29 is 19.4 Å². The Labute approximate surface area is 183 Å². The lowest BCUT2D eigenvalue weighted by molar-refractivity contribution is -0.114. The van der Waals surface area contributed by atoms with Crippen molar-refractivity contribution in [2.75, 3.05) is 18.5 Å². The Morgan fingerprint density at radius 1 is 1.23 bits per heavy atom. The van der Waals surface area contributed by atoms with E-state index in [2.05, 4.69) is 10.3 Å². The Morgan fingerprint density at radius 2 is 1.97 bits per heavy atom. The molecule has 0 saturated heterocycles. The Balaban J connectivity index is 1.86. The highest BCUT2D eigenvalue weighted by Gasteiger charge is 2.23. The molecule has 2 aromatic carbocycles. The number of thiophene rings is 1. The molecule has 0 saturated carbocycles. The van der Waals surface area contributed by atoms with E-state index >= 15 is 0 Å². The molecule has 30 heavy (non-hydrogen) atoms.